The average Bonchev–Trinajstić information content (AvgIpc) is 2.76. The summed E-state index contributed by atoms with van der Waals surface area (Å²) in [7, 11) is 1.81. The van der Waals surface area contributed by atoms with Gasteiger partial charge in [-0.1, -0.05) is 11.6 Å². The lowest BCUT2D eigenvalue weighted by molar-refractivity contribution is -0.120. The van der Waals surface area contributed by atoms with E-state index in [4.69, 9.17) is 11.6 Å². The minimum atomic E-state index is -0.0666. The lowest BCUT2D eigenvalue weighted by atomic mass is 10.3. The van der Waals surface area contributed by atoms with Crippen molar-refractivity contribution in [1.82, 2.24) is 24.9 Å². The zero-order valence-electron chi connectivity index (χ0n) is 11.9. The predicted octanol–water partition coefficient (Wildman–Crippen LogP) is 1.05. The molecule has 2 aromatic rings. The highest BCUT2D eigenvalue weighted by Gasteiger charge is 2.18. The van der Waals surface area contributed by atoms with Crippen LogP contribution in [0.15, 0.2) is 6.33 Å². The molecular weight excluding hydrogens is 280 g/mol. The molecule has 0 aromatic carbocycles. The number of hydrogen-bond acceptors (Lipinski definition) is 5. The standard InChI is InChI=1S/C12H17ClN6O/c1-7(2)16-9(20)5-18(4)11-8(3)10(13)17-12-14-6-15-19(11)12/h6-7H,5H2,1-4H3,(H,16,20). The van der Waals surface area contributed by atoms with Gasteiger partial charge < -0.3 is 10.2 Å². The van der Waals surface area contributed by atoms with Crippen LogP contribution in [0, 0.1) is 6.92 Å². The first-order valence-corrected chi connectivity index (χ1v) is 6.64. The monoisotopic (exact) mass is 296 g/mol. The van der Waals surface area contributed by atoms with E-state index in [1.165, 1.54) is 6.33 Å². The van der Waals surface area contributed by atoms with E-state index in [2.05, 4.69) is 20.4 Å². The number of rotatable bonds is 4. The van der Waals surface area contributed by atoms with Crippen LogP contribution in [0.2, 0.25) is 5.15 Å². The lowest BCUT2D eigenvalue weighted by Gasteiger charge is -2.22. The van der Waals surface area contributed by atoms with Gasteiger partial charge in [0.1, 0.15) is 17.3 Å². The SMILES string of the molecule is Cc1c(Cl)nc2ncnn2c1N(C)CC(=O)NC(C)C. The predicted molar refractivity (Wildman–Crippen MR) is 77.1 cm³/mol. The van der Waals surface area contributed by atoms with Gasteiger partial charge in [0.25, 0.3) is 5.78 Å². The molecule has 8 heteroatoms. The van der Waals surface area contributed by atoms with Gasteiger partial charge in [0.05, 0.1) is 6.54 Å². The topological polar surface area (TPSA) is 75.4 Å². The molecule has 0 radical (unpaired) electrons. The highest BCUT2D eigenvalue weighted by atomic mass is 35.5. The Hall–Kier alpha value is -1.89. The fraction of sp³-hybridized carbons (Fsp3) is 0.500. The molecular formula is C12H17ClN6O. The van der Waals surface area contributed by atoms with Crippen molar-refractivity contribution in [1.29, 1.82) is 0 Å². The molecule has 2 heterocycles. The quantitative estimate of drug-likeness (QED) is 0.854. The average molecular weight is 297 g/mol. The second-order valence-corrected chi connectivity index (χ2v) is 5.26. The second-order valence-electron chi connectivity index (χ2n) is 4.90. The number of nitrogens with zero attached hydrogens (tertiary/aromatic N) is 5. The number of fused-ring (bicyclic) bond motifs is 1. The van der Waals surface area contributed by atoms with E-state index in [1.807, 2.05) is 20.8 Å². The van der Waals surface area contributed by atoms with Crippen molar-refractivity contribution in [3.05, 3.63) is 17.0 Å². The number of carbonyl (C=O) groups excluding carboxylic acids is 1. The first-order valence-electron chi connectivity index (χ1n) is 6.26. The van der Waals surface area contributed by atoms with Gasteiger partial charge in [0, 0.05) is 18.7 Å². The van der Waals surface area contributed by atoms with E-state index in [-0.39, 0.29) is 18.5 Å². The van der Waals surface area contributed by atoms with Crippen LogP contribution in [0.5, 0.6) is 0 Å². The zero-order chi connectivity index (χ0) is 14.9. The minimum Gasteiger partial charge on any atom is -0.352 e. The highest BCUT2D eigenvalue weighted by molar-refractivity contribution is 6.30. The zero-order valence-corrected chi connectivity index (χ0v) is 12.6. The molecule has 0 saturated heterocycles. The summed E-state index contributed by atoms with van der Waals surface area (Å²) in [6.45, 7) is 5.88. The number of hydrogen-bond donors (Lipinski definition) is 1. The van der Waals surface area contributed by atoms with Crippen molar-refractivity contribution in [2.75, 3.05) is 18.5 Å². The Kier molecular flexibility index (Phi) is 4.08. The summed E-state index contributed by atoms with van der Waals surface area (Å²) in [6.07, 6.45) is 1.41. The normalized spacial score (nSPS) is 11.1. The Bertz CT molecular complexity index is 638. The molecule has 2 rings (SSSR count). The Morgan fingerprint density at radius 2 is 2.25 bits per heavy atom. The molecule has 0 bridgehead atoms. The Labute approximate surface area is 122 Å². The third-order valence-corrected chi connectivity index (χ3v) is 3.13. The summed E-state index contributed by atoms with van der Waals surface area (Å²) in [5.41, 5.74) is 0.754. The van der Waals surface area contributed by atoms with E-state index in [0.717, 1.165) is 5.56 Å². The number of halogens is 1. The number of nitrogens with one attached hydrogen (secondary N) is 1. The maximum Gasteiger partial charge on any atom is 0.255 e. The van der Waals surface area contributed by atoms with Crippen LogP contribution in [0.3, 0.4) is 0 Å². The fourth-order valence-corrected chi connectivity index (χ4v) is 2.15. The molecule has 20 heavy (non-hydrogen) atoms. The molecule has 0 unspecified atom stereocenters. The Morgan fingerprint density at radius 1 is 1.55 bits per heavy atom. The Balaban J connectivity index is 2.34. The second kappa shape index (κ2) is 5.62. The van der Waals surface area contributed by atoms with Crippen LogP contribution in [-0.4, -0.2) is 45.1 Å². The molecule has 0 aliphatic heterocycles. The van der Waals surface area contributed by atoms with Gasteiger partial charge in [-0.3, -0.25) is 4.79 Å². The van der Waals surface area contributed by atoms with Crippen LogP contribution >= 0.6 is 11.6 Å². The smallest absolute Gasteiger partial charge is 0.255 e. The van der Waals surface area contributed by atoms with Gasteiger partial charge in [-0.15, -0.1) is 0 Å². The van der Waals surface area contributed by atoms with E-state index < -0.39 is 0 Å². The molecule has 0 spiro atoms. The first-order chi connectivity index (χ1) is 9.40. The molecule has 0 aliphatic rings. The molecule has 2 aromatic heterocycles. The molecule has 0 saturated carbocycles. The Morgan fingerprint density at radius 3 is 2.90 bits per heavy atom. The summed E-state index contributed by atoms with van der Waals surface area (Å²) in [6, 6.07) is 0.101. The summed E-state index contributed by atoms with van der Waals surface area (Å²) in [4.78, 5) is 21.8. The number of carbonyl (C=O) groups is 1. The van der Waals surface area contributed by atoms with Crippen LogP contribution in [-0.2, 0) is 4.79 Å². The molecule has 108 valence electrons. The number of anilines is 1. The van der Waals surface area contributed by atoms with Crippen LogP contribution in [0.4, 0.5) is 5.82 Å². The molecule has 0 atom stereocenters. The molecule has 1 amide bonds. The van der Waals surface area contributed by atoms with Crippen molar-refractivity contribution in [3.8, 4) is 0 Å². The third-order valence-electron chi connectivity index (χ3n) is 2.77. The van der Waals surface area contributed by atoms with E-state index in [9.17, 15) is 4.79 Å². The summed E-state index contributed by atoms with van der Waals surface area (Å²) < 4.78 is 1.57. The van der Waals surface area contributed by atoms with Crippen molar-refractivity contribution in [2.24, 2.45) is 0 Å². The highest BCUT2D eigenvalue weighted by Crippen LogP contribution is 2.24. The van der Waals surface area contributed by atoms with Gasteiger partial charge in [0.2, 0.25) is 5.91 Å². The van der Waals surface area contributed by atoms with Gasteiger partial charge in [-0.05, 0) is 20.8 Å². The minimum absolute atomic E-state index is 0.0666. The molecule has 7 nitrogen and oxygen atoms in total. The first kappa shape index (κ1) is 14.5. The van der Waals surface area contributed by atoms with Crippen molar-refractivity contribution >= 4 is 29.1 Å². The fourth-order valence-electron chi connectivity index (χ4n) is 1.99. The van der Waals surface area contributed by atoms with Gasteiger partial charge in [-0.2, -0.15) is 19.6 Å². The summed E-state index contributed by atoms with van der Waals surface area (Å²) >= 11 is 6.10. The van der Waals surface area contributed by atoms with Gasteiger partial charge in [0.15, 0.2) is 0 Å². The van der Waals surface area contributed by atoms with Crippen LogP contribution < -0.4 is 10.2 Å². The van der Waals surface area contributed by atoms with E-state index in [1.54, 1.807) is 16.5 Å². The van der Waals surface area contributed by atoms with Crippen LogP contribution in [0.1, 0.15) is 19.4 Å². The number of likely N-dealkylation sites (N-methyl/N-ethyl adjacent to an activating group) is 1. The van der Waals surface area contributed by atoms with Crippen molar-refractivity contribution < 1.29 is 4.79 Å². The largest absolute Gasteiger partial charge is 0.352 e. The maximum absolute atomic E-state index is 11.9. The van der Waals surface area contributed by atoms with Gasteiger partial charge >= 0.3 is 0 Å². The van der Waals surface area contributed by atoms with E-state index in [0.29, 0.717) is 16.7 Å². The van der Waals surface area contributed by atoms with Gasteiger partial charge in [-0.25, -0.2) is 0 Å². The number of aromatic nitrogens is 4. The third kappa shape index (κ3) is 2.82. The molecule has 1 N–H and O–H groups in total. The molecule has 0 fully saturated rings. The lowest BCUT2D eigenvalue weighted by Crippen LogP contribution is -2.39. The van der Waals surface area contributed by atoms with E-state index >= 15 is 0 Å². The number of amides is 1. The summed E-state index contributed by atoms with van der Waals surface area (Å²) in [5, 5.41) is 7.32. The molecule has 0 aliphatic carbocycles. The van der Waals surface area contributed by atoms with Crippen LogP contribution in [0.25, 0.3) is 5.78 Å². The maximum atomic E-state index is 11.9. The van der Waals surface area contributed by atoms with Crippen molar-refractivity contribution in [2.45, 2.75) is 26.8 Å². The summed E-state index contributed by atoms with van der Waals surface area (Å²) in [5.74, 6) is 1.05. The van der Waals surface area contributed by atoms with Crippen molar-refractivity contribution in [3.63, 3.8) is 0 Å².